The van der Waals surface area contributed by atoms with Crippen LogP contribution in [0.1, 0.15) is 41.7 Å². The van der Waals surface area contributed by atoms with Crippen LogP contribution in [0.3, 0.4) is 0 Å². The van der Waals surface area contributed by atoms with Gasteiger partial charge in [-0.2, -0.15) is 5.10 Å². The van der Waals surface area contributed by atoms with Crippen molar-refractivity contribution in [3.05, 3.63) is 17.5 Å². The molecule has 1 saturated heterocycles. The molecule has 0 spiro atoms. The largest absolute Gasteiger partial charge is 0.478 e. The summed E-state index contributed by atoms with van der Waals surface area (Å²) >= 11 is 0. The fourth-order valence-corrected chi connectivity index (χ4v) is 2.22. The second-order valence-corrected chi connectivity index (χ2v) is 4.45. The van der Waals surface area contributed by atoms with E-state index in [9.17, 15) is 4.79 Å². The molecule has 17 heavy (non-hydrogen) atoms. The number of rotatable bonds is 5. The highest BCUT2D eigenvalue weighted by molar-refractivity contribution is 5.88. The van der Waals surface area contributed by atoms with E-state index >= 15 is 0 Å². The smallest absolute Gasteiger partial charge is 0.339 e. The van der Waals surface area contributed by atoms with Crippen molar-refractivity contribution < 1.29 is 14.6 Å². The minimum absolute atomic E-state index is 0.294. The molecule has 0 aliphatic carbocycles. The molecular formula is C12H18N2O3. The number of carbonyl (C=O) groups is 1. The van der Waals surface area contributed by atoms with Gasteiger partial charge in [0.15, 0.2) is 0 Å². The van der Waals surface area contributed by atoms with Gasteiger partial charge in [0.05, 0.1) is 12.3 Å². The van der Waals surface area contributed by atoms with Crippen LogP contribution in [-0.2, 0) is 11.3 Å². The molecule has 1 fully saturated rings. The molecule has 1 atom stereocenters. The lowest BCUT2D eigenvalue weighted by Crippen LogP contribution is -2.09. The lowest BCUT2D eigenvalue weighted by atomic mass is 10.1. The van der Waals surface area contributed by atoms with Crippen LogP contribution >= 0.6 is 0 Å². The predicted molar refractivity (Wildman–Crippen MR) is 62.1 cm³/mol. The Morgan fingerprint density at radius 2 is 2.53 bits per heavy atom. The summed E-state index contributed by atoms with van der Waals surface area (Å²) < 4.78 is 7.30. The van der Waals surface area contributed by atoms with Gasteiger partial charge in [-0.1, -0.05) is 0 Å². The zero-order chi connectivity index (χ0) is 12.3. The normalized spacial score (nSPS) is 19.7. The summed E-state index contributed by atoms with van der Waals surface area (Å²) in [4.78, 5) is 10.8. The van der Waals surface area contributed by atoms with Crippen molar-refractivity contribution in [1.82, 2.24) is 9.78 Å². The first-order valence-electron chi connectivity index (χ1n) is 6.06. The van der Waals surface area contributed by atoms with Gasteiger partial charge in [0.25, 0.3) is 0 Å². The van der Waals surface area contributed by atoms with Gasteiger partial charge in [-0.05, 0) is 32.6 Å². The van der Waals surface area contributed by atoms with Crippen LogP contribution in [0.25, 0.3) is 0 Å². The Kier molecular flexibility index (Phi) is 3.78. The number of nitrogens with zero attached hydrogens (tertiary/aromatic N) is 2. The van der Waals surface area contributed by atoms with E-state index in [-0.39, 0.29) is 0 Å². The lowest BCUT2D eigenvalue weighted by Gasteiger charge is -2.09. The van der Waals surface area contributed by atoms with E-state index in [1.807, 2.05) is 0 Å². The number of aromatic carboxylic acids is 1. The first-order chi connectivity index (χ1) is 8.18. The summed E-state index contributed by atoms with van der Waals surface area (Å²) in [5, 5.41) is 13.0. The molecule has 5 nitrogen and oxygen atoms in total. The summed E-state index contributed by atoms with van der Waals surface area (Å²) in [6.45, 7) is 3.44. The van der Waals surface area contributed by atoms with E-state index in [2.05, 4.69) is 5.10 Å². The third-order valence-corrected chi connectivity index (χ3v) is 3.25. The predicted octanol–water partition coefficient (Wildman–Crippen LogP) is 1.85. The maximum atomic E-state index is 10.8. The molecular weight excluding hydrogens is 220 g/mol. The van der Waals surface area contributed by atoms with Crippen molar-refractivity contribution in [2.45, 2.75) is 45.3 Å². The highest BCUT2D eigenvalue weighted by Crippen LogP contribution is 2.17. The Morgan fingerprint density at radius 3 is 3.12 bits per heavy atom. The van der Waals surface area contributed by atoms with Crippen LogP contribution < -0.4 is 0 Å². The number of hydrogen-bond donors (Lipinski definition) is 1. The van der Waals surface area contributed by atoms with E-state index in [4.69, 9.17) is 9.84 Å². The van der Waals surface area contributed by atoms with Gasteiger partial charge in [0, 0.05) is 18.8 Å². The van der Waals surface area contributed by atoms with Crippen LogP contribution in [0.2, 0.25) is 0 Å². The maximum Gasteiger partial charge on any atom is 0.339 e. The summed E-state index contributed by atoms with van der Waals surface area (Å²) in [7, 11) is 0. The van der Waals surface area contributed by atoms with Crippen LogP contribution in [0, 0.1) is 6.92 Å². The van der Waals surface area contributed by atoms with Crippen molar-refractivity contribution in [1.29, 1.82) is 0 Å². The molecule has 1 aliphatic rings. The average Bonchev–Trinajstić information content (AvgIpc) is 2.89. The van der Waals surface area contributed by atoms with Gasteiger partial charge in [-0.3, -0.25) is 4.68 Å². The summed E-state index contributed by atoms with van der Waals surface area (Å²) in [5.74, 6) is -0.909. The number of aromatic nitrogens is 2. The van der Waals surface area contributed by atoms with Crippen molar-refractivity contribution in [2.75, 3.05) is 6.61 Å². The highest BCUT2D eigenvalue weighted by atomic mass is 16.5. The van der Waals surface area contributed by atoms with Crippen LogP contribution in [0.4, 0.5) is 0 Å². The molecule has 0 amide bonds. The molecule has 0 saturated carbocycles. The zero-order valence-corrected chi connectivity index (χ0v) is 10.1. The molecule has 2 rings (SSSR count). The van der Waals surface area contributed by atoms with Crippen LogP contribution in [-0.4, -0.2) is 33.6 Å². The summed E-state index contributed by atoms with van der Waals surface area (Å²) in [5.41, 5.74) is 1.02. The van der Waals surface area contributed by atoms with E-state index in [0.29, 0.717) is 11.7 Å². The lowest BCUT2D eigenvalue weighted by molar-refractivity contribution is 0.0695. The number of ether oxygens (including phenoxy) is 1. The maximum absolute atomic E-state index is 10.8. The van der Waals surface area contributed by atoms with E-state index in [1.165, 1.54) is 6.20 Å². The van der Waals surface area contributed by atoms with E-state index in [0.717, 1.165) is 44.5 Å². The third kappa shape index (κ3) is 2.85. The Labute approximate surface area is 100 Å². The first kappa shape index (κ1) is 12.1. The summed E-state index contributed by atoms with van der Waals surface area (Å²) in [6, 6.07) is 0. The van der Waals surface area contributed by atoms with Crippen molar-refractivity contribution >= 4 is 5.97 Å². The number of carboxylic acid groups (broad SMARTS) is 1. The second-order valence-electron chi connectivity index (χ2n) is 4.45. The Hall–Kier alpha value is -1.36. The van der Waals surface area contributed by atoms with Gasteiger partial charge < -0.3 is 9.84 Å². The van der Waals surface area contributed by atoms with Gasteiger partial charge in [0.2, 0.25) is 0 Å². The molecule has 2 heterocycles. The average molecular weight is 238 g/mol. The molecule has 1 unspecified atom stereocenters. The Bertz CT molecular complexity index is 394. The topological polar surface area (TPSA) is 64.3 Å². The quantitative estimate of drug-likeness (QED) is 0.850. The molecule has 1 aromatic heterocycles. The molecule has 94 valence electrons. The molecule has 1 N–H and O–H groups in total. The monoisotopic (exact) mass is 238 g/mol. The van der Waals surface area contributed by atoms with Gasteiger partial charge >= 0.3 is 5.97 Å². The molecule has 1 aromatic rings. The molecule has 0 radical (unpaired) electrons. The van der Waals surface area contributed by atoms with Gasteiger partial charge in [0.1, 0.15) is 5.56 Å². The van der Waals surface area contributed by atoms with E-state index < -0.39 is 5.97 Å². The van der Waals surface area contributed by atoms with Crippen molar-refractivity contribution in [2.24, 2.45) is 0 Å². The molecule has 0 bridgehead atoms. The fraction of sp³-hybridized carbons (Fsp3) is 0.667. The molecule has 1 aliphatic heterocycles. The summed E-state index contributed by atoms with van der Waals surface area (Å²) in [6.07, 6.45) is 6.13. The van der Waals surface area contributed by atoms with Crippen molar-refractivity contribution in [3.63, 3.8) is 0 Å². The van der Waals surface area contributed by atoms with Gasteiger partial charge in [-0.15, -0.1) is 0 Å². The van der Waals surface area contributed by atoms with Crippen LogP contribution in [0.5, 0.6) is 0 Å². The highest BCUT2D eigenvalue weighted by Gasteiger charge is 2.16. The van der Waals surface area contributed by atoms with Crippen molar-refractivity contribution in [3.8, 4) is 0 Å². The second kappa shape index (κ2) is 5.31. The molecule has 5 heteroatoms. The standard InChI is InChI=1S/C12H18N2O3/c1-9-11(12(15)16)8-13-14(9)6-2-4-10-5-3-7-17-10/h8,10H,2-7H2,1H3,(H,15,16). The minimum Gasteiger partial charge on any atom is -0.478 e. The zero-order valence-electron chi connectivity index (χ0n) is 10.1. The number of carboxylic acids is 1. The molecule has 0 aromatic carbocycles. The number of aryl methyl sites for hydroxylation is 1. The number of hydrogen-bond acceptors (Lipinski definition) is 3. The van der Waals surface area contributed by atoms with Crippen LogP contribution in [0.15, 0.2) is 6.20 Å². The van der Waals surface area contributed by atoms with E-state index in [1.54, 1.807) is 11.6 Å². The Morgan fingerprint density at radius 1 is 1.71 bits per heavy atom. The first-order valence-corrected chi connectivity index (χ1v) is 6.06. The SMILES string of the molecule is Cc1c(C(=O)O)cnn1CCCC1CCCO1. The fourth-order valence-electron chi connectivity index (χ4n) is 2.22. The minimum atomic E-state index is -0.909. The van der Waals surface area contributed by atoms with Gasteiger partial charge in [-0.25, -0.2) is 4.79 Å². The third-order valence-electron chi connectivity index (χ3n) is 3.25. The Balaban J connectivity index is 1.84.